The molecule has 2 fully saturated rings. The molecular weight excluding hydrogens is 315 g/mol. The molecule has 7 heteroatoms. The highest BCUT2D eigenvalue weighted by molar-refractivity contribution is 6.42. The van der Waals surface area contributed by atoms with Crippen LogP contribution in [-0.2, 0) is 14.3 Å². The topological polar surface area (TPSA) is 49.9 Å². The van der Waals surface area contributed by atoms with Crippen molar-refractivity contribution in [2.24, 2.45) is 0 Å². The van der Waals surface area contributed by atoms with Crippen LogP contribution in [0.4, 0.5) is 5.69 Å². The van der Waals surface area contributed by atoms with Crippen LogP contribution in [0, 0.1) is 0 Å². The predicted molar refractivity (Wildman–Crippen MR) is 79.8 cm³/mol. The Morgan fingerprint density at radius 2 is 1.81 bits per heavy atom. The summed E-state index contributed by atoms with van der Waals surface area (Å²) >= 11 is 11.8. The Hall–Kier alpha value is -1.14. The fraction of sp³-hybridized carbons (Fsp3) is 0.429. The predicted octanol–water partition coefficient (Wildman–Crippen LogP) is 1.96. The molecule has 5 nitrogen and oxygen atoms in total. The Bertz CT molecular complexity index is 588. The molecule has 0 N–H and O–H groups in total. The van der Waals surface area contributed by atoms with E-state index < -0.39 is 6.04 Å². The molecule has 2 aliphatic rings. The number of halogens is 2. The van der Waals surface area contributed by atoms with Crippen molar-refractivity contribution in [3.8, 4) is 0 Å². The smallest absolute Gasteiger partial charge is 0.251 e. The molecule has 0 aliphatic carbocycles. The molecule has 1 atom stereocenters. The second-order valence-corrected chi connectivity index (χ2v) is 5.85. The monoisotopic (exact) mass is 328 g/mol. The molecule has 0 saturated carbocycles. The largest absolute Gasteiger partial charge is 0.379 e. The summed E-state index contributed by atoms with van der Waals surface area (Å²) in [5, 5.41) is 0.717. The first kappa shape index (κ1) is 14.8. The molecule has 0 bridgehead atoms. The van der Waals surface area contributed by atoms with Gasteiger partial charge in [-0.25, -0.2) is 4.90 Å². The molecule has 1 unspecified atom stereocenters. The molecule has 0 radical (unpaired) electrons. The van der Waals surface area contributed by atoms with Crippen molar-refractivity contribution < 1.29 is 14.3 Å². The number of carbonyl (C=O) groups excluding carboxylic acids is 2. The zero-order valence-corrected chi connectivity index (χ0v) is 12.7. The van der Waals surface area contributed by atoms with Gasteiger partial charge in [0.2, 0.25) is 5.91 Å². The van der Waals surface area contributed by atoms with Crippen molar-refractivity contribution in [2.45, 2.75) is 12.5 Å². The van der Waals surface area contributed by atoms with E-state index in [1.165, 1.54) is 4.90 Å². The molecule has 2 amide bonds. The third-order valence-electron chi connectivity index (χ3n) is 3.77. The molecule has 3 rings (SSSR count). The summed E-state index contributed by atoms with van der Waals surface area (Å²) in [4.78, 5) is 28.0. The Morgan fingerprint density at radius 3 is 2.48 bits per heavy atom. The first-order chi connectivity index (χ1) is 10.1. The molecule has 1 aromatic carbocycles. The summed E-state index contributed by atoms with van der Waals surface area (Å²) < 4.78 is 5.28. The van der Waals surface area contributed by atoms with Gasteiger partial charge in [0.15, 0.2) is 0 Å². The van der Waals surface area contributed by atoms with E-state index in [4.69, 9.17) is 27.9 Å². The standard InChI is InChI=1S/C14H14Cl2N2O3/c15-10-2-1-9(7-11(10)16)18-13(19)8-12(14(18)20)17-3-5-21-6-4-17/h1-2,7,12H,3-6,8H2. The number of morpholine rings is 1. The van der Waals surface area contributed by atoms with Crippen LogP contribution in [0.5, 0.6) is 0 Å². The van der Waals surface area contributed by atoms with E-state index in [0.29, 0.717) is 42.0 Å². The quantitative estimate of drug-likeness (QED) is 0.779. The van der Waals surface area contributed by atoms with E-state index in [9.17, 15) is 9.59 Å². The first-order valence-electron chi connectivity index (χ1n) is 6.71. The van der Waals surface area contributed by atoms with Gasteiger partial charge in [0, 0.05) is 13.1 Å². The molecule has 112 valence electrons. The van der Waals surface area contributed by atoms with Gasteiger partial charge in [-0.05, 0) is 18.2 Å². The van der Waals surface area contributed by atoms with Crippen molar-refractivity contribution >= 4 is 40.7 Å². The summed E-state index contributed by atoms with van der Waals surface area (Å²) in [7, 11) is 0. The van der Waals surface area contributed by atoms with Crippen LogP contribution >= 0.6 is 23.2 Å². The van der Waals surface area contributed by atoms with Gasteiger partial charge >= 0.3 is 0 Å². The minimum atomic E-state index is -0.407. The minimum absolute atomic E-state index is 0.194. The summed E-state index contributed by atoms with van der Waals surface area (Å²) in [6, 6.07) is 4.35. The van der Waals surface area contributed by atoms with Crippen molar-refractivity contribution in [3.05, 3.63) is 28.2 Å². The summed E-state index contributed by atoms with van der Waals surface area (Å²) in [5.41, 5.74) is 0.468. The maximum atomic E-state index is 12.6. The van der Waals surface area contributed by atoms with Crippen molar-refractivity contribution in [1.29, 1.82) is 0 Å². The average Bonchev–Trinajstić information content (AvgIpc) is 2.78. The number of nitrogens with zero attached hydrogens (tertiary/aromatic N) is 2. The van der Waals surface area contributed by atoms with E-state index in [1.54, 1.807) is 18.2 Å². The van der Waals surface area contributed by atoms with Crippen molar-refractivity contribution in [2.75, 3.05) is 31.2 Å². The van der Waals surface area contributed by atoms with Gasteiger partial charge in [-0.15, -0.1) is 0 Å². The third-order valence-corrected chi connectivity index (χ3v) is 4.51. The maximum absolute atomic E-state index is 12.6. The Labute approximate surface area is 132 Å². The molecule has 0 spiro atoms. The normalized spacial score (nSPS) is 23.9. The van der Waals surface area contributed by atoms with Crippen LogP contribution in [0.3, 0.4) is 0 Å². The lowest BCUT2D eigenvalue weighted by Crippen LogP contribution is -2.47. The van der Waals surface area contributed by atoms with E-state index in [1.807, 2.05) is 4.90 Å². The lowest BCUT2D eigenvalue weighted by molar-refractivity contribution is -0.123. The average molecular weight is 329 g/mol. The minimum Gasteiger partial charge on any atom is -0.379 e. The van der Waals surface area contributed by atoms with Gasteiger partial charge in [0.05, 0.1) is 41.4 Å². The van der Waals surface area contributed by atoms with Crippen molar-refractivity contribution in [1.82, 2.24) is 4.90 Å². The number of hydrogen-bond donors (Lipinski definition) is 0. The summed E-state index contributed by atoms with van der Waals surface area (Å²) in [6.07, 6.45) is 0.194. The van der Waals surface area contributed by atoms with Gasteiger partial charge in [-0.2, -0.15) is 0 Å². The maximum Gasteiger partial charge on any atom is 0.251 e. The lowest BCUT2D eigenvalue weighted by Gasteiger charge is -2.30. The molecular formula is C14H14Cl2N2O3. The Morgan fingerprint density at radius 1 is 1.10 bits per heavy atom. The molecule has 0 aromatic heterocycles. The van der Waals surface area contributed by atoms with E-state index in [-0.39, 0.29) is 18.2 Å². The number of amides is 2. The Balaban J connectivity index is 1.84. The SMILES string of the molecule is O=C1CC(N2CCOCC2)C(=O)N1c1ccc(Cl)c(Cl)c1. The fourth-order valence-corrected chi connectivity index (χ4v) is 2.98. The van der Waals surface area contributed by atoms with E-state index in [0.717, 1.165) is 0 Å². The van der Waals surface area contributed by atoms with Crippen LogP contribution in [-0.4, -0.2) is 49.1 Å². The third kappa shape index (κ3) is 2.79. The number of hydrogen-bond acceptors (Lipinski definition) is 4. The number of imide groups is 1. The molecule has 2 heterocycles. The molecule has 2 saturated heterocycles. The molecule has 21 heavy (non-hydrogen) atoms. The highest BCUT2D eigenvalue weighted by Crippen LogP contribution is 2.31. The molecule has 2 aliphatic heterocycles. The van der Waals surface area contributed by atoms with Crippen LogP contribution in [0.1, 0.15) is 6.42 Å². The zero-order chi connectivity index (χ0) is 15.0. The Kier molecular flexibility index (Phi) is 4.17. The van der Waals surface area contributed by atoms with Gasteiger partial charge in [0.1, 0.15) is 0 Å². The lowest BCUT2D eigenvalue weighted by atomic mass is 10.2. The second kappa shape index (κ2) is 5.93. The number of benzene rings is 1. The fourth-order valence-electron chi connectivity index (χ4n) is 2.69. The number of rotatable bonds is 2. The summed E-state index contributed by atoms with van der Waals surface area (Å²) in [5.74, 6) is -0.421. The van der Waals surface area contributed by atoms with Crippen molar-refractivity contribution in [3.63, 3.8) is 0 Å². The number of carbonyl (C=O) groups is 2. The van der Waals surface area contributed by atoms with Crippen LogP contribution < -0.4 is 4.90 Å². The van der Waals surface area contributed by atoms with Crippen LogP contribution in [0.15, 0.2) is 18.2 Å². The van der Waals surface area contributed by atoms with Crippen LogP contribution in [0.2, 0.25) is 10.0 Å². The van der Waals surface area contributed by atoms with Gasteiger partial charge in [-0.3, -0.25) is 14.5 Å². The second-order valence-electron chi connectivity index (χ2n) is 5.03. The van der Waals surface area contributed by atoms with Crippen LogP contribution in [0.25, 0.3) is 0 Å². The first-order valence-corrected chi connectivity index (χ1v) is 7.47. The number of anilines is 1. The molecule has 1 aromatic rings. The number of ether oxygens (including phenoxy) is 1. The van der Waals surface area contributed by atoms with E-state index in [2.05, 4.69) is 0 Å². The highest BCUT2D eigenvalue weighted by atomic mass is 35.5. The van der Waals surface area contributed by atoms with Gasteiger partial charge in [0.25, 0.3) is 5.91 Å². The zero-order valence-electron chi connectivity index (χ0n) is 11.2. The summed E-state index contributed by atoms with van der Waals surface area (Å²) in [6.45, 7) is 2.51. The van der Waals surface area contributed by atoms with Gasteiger partial charge in [-0.1, -0.05) is 23.2 Å². The highest BCUT2D eigenvalue weighted by Gasteiger charge is 2.43. The van der Waals surface area contributed by atoms with Gasteiger partial charge < -0.3 is 4.74 Å². The van der Waals surface area contributed by atoms with E-state index >= 15 is 0 Å².